The Morgan fingerprint density at radius 1 is 0.333 bits per heavy atom. The lowest BCUT2D eigenvalue weighted by atomic mass is 9.98. The fourth-order valence-corrected chi connectivity index (χ4v) is 7.47. The molecule has 0 N–H and O–H groups in total. The smallest absolute Gasteiger partial charge is 0.0979 e. The third-order valence-electron chi connectivity index (χ3n) is 9.95. The quantitative estimate of drug-likeness (QED) is 0.174. The average Bonchev–Trinajstić information content (AvgIpc) is 3.20. The molecule has 9 aromatic carbocycles. The highest BCUT2D eigenvalue weighted by Gasteiger charge is 2.18. The monoisotopic (exact) mass is 649 g/mol. The Balaban J connectivity index is 1.20. The van der Waals surface area contributed by atoms with E-state index in [9.17, 15) is 0 Å². The van der Waals surface area contributed by atoms with Crippen molar-refractivity contribution in [2.75, 3.05) is 4.90 Å². The molecule has 1 heterocycles. The van der Waals surface area contributed by atoms with Gasteiger partial charge in [0.25, 0.3) is 0 Å². The maximum atomic E-state index is 5.44. The van der Waals surface area contributed by atoms with Crippen molar-refractivity contribution >= 4 is 71.2 Å². The van der Waals surface area contributed by atoms with Crippen LogP contribution in [0.5, 0.6) is 0 Å². The van der Waals surface area contributed by atoms with Crippen LogP contribution in [-0.2, 0) is 0 Å². The third-order valence-corrected chi connectivity index (χ3v) is 9.95. The molecule has 3 nitrogen and oxygen atoms in total. The summed E-state index contributed by atoms with van der Waals surface area (Å²) in [6.07, 6.45) is 0. The number of aromatic nitrogens is 2. The minimum Gasteiger partial charge on any atom is -0.310 e. The number of hydrogen-bond donors (Lipinski definition) is 0. The fourth-order valence-electron chi connectivity index (χ4n) is 7.47. The van der Waals surface area contributed by atoms with Crippen LogP contribution in [0.3, 0.4) is 0 Å². The van der Waals surface area contributed by atoms with E-state index >= 15 is 0 Å². The molecule has 0 unspecified atom stereocenters. The summed E-state index contributed by atoms with van der Waals surface area (Å²) in [6.45, 7) is 0. The zero-order chi connectivity index (χ0) is 33.7. The second kappa shape index (κ2) is 11.9. The standard InChI is InChI=1S/C48H31N3/c1-3-13-35(14-4-1)46-47(36-15-5-2-6-16-36)50-48-44(49-46)28-23-34-19-20-39-31-42(26-27-43(39)45(34)48)51(40-24-21-32-11-7-9-17-37(32)29-40)41-25-22-33-12-8-10-18-38(33)30-41/h1-31H. The molecule has 238 valence electrons. The highest BCUT2D eigenvalue weighted by atomic mass is 15.1. The first-order valence-corrected chi connectivity index (χ1v) is 17.3. The van der Waals surface area contributed by atoms with Crippen molar-refractivity contribution in [1.82, 2.24) is 9.97 Å². The average molecular weight is 650 g/mol. The Morgan fingerprint density at radius 3 is 1.39 bits per heavy atom. The maximum Gasteiger partial charge on any atom is 0.0979 e. The Bertz CT molecular complexity index is 2840. The van der Waals surface area contributed by atoms with E-state index in [1.807, 2.05) is 12.1 Å². The normalized spacial score (nSPS) is 11.5. The van der Waals surface area contributed by atoms with Crippen LogP contribution in [0.4, 0.5) is 17.1 Å². The molecule has 0 radical (unpaired) electrons. The van der Waals surface area contributed by atoms with Gasteiger partial charge in [0.1, 0.15) is 0 Å². The molecular formula is C48H31N3. The molecule has 0 spiro atoms. The van der Waals surface area contributed by atoms with Gasteiger partial charge in [0, 0.05) is 33.6 Å². The first-order valence-electron chi connectivity index (χ1n) is 17.3. The minimum absolute atomic E-state index is 0.881. The molecule has 0 saturated heterocycles. The van der Waals surface area contributed by atoms with E-state index in [2.05, 4.69) is 181 Å². The van der Waals surface area contributed by atoms with Gasteiger partial charge >= 0.3 is 0 Å². The van der Waals surface area contributed by atoms with Crippen LogP contribution in [0.25, 0.3) is 76.6 Å². The largest absolute Gasteiger partial charge is 0.310 e. The van der Waals surface area contributed by atoms with Crippen LogP contribution >= 0.6 is 0 Å². The van der Waals surface area contributed by atoms with Crippen LogP contribution < -0.4 is 4.90 Å². The number of fused-ring (bicyclic) bond motifs is 7. The molecule has 10 aromatic rings. The zero-order valence-corrected chi connectivity index (χ0v) is 27.7. The van der Waals surface area contributed by atoms with E-state index in [4.69, 9.17) is 9.97 Å². The molecule has 0 amide bonds. The van der Waals surface area contributed by atoms with Crippen molar-refractivity contribution in [3.63, 3.8) is 0 Å². The first kappa shape index (κ1) is 29.1. The second-order valence-corrected chi connectivity index (χ2v) is 13.1. The molecule has 0 fully saturated rings. The predicted molar refractivity (Wildman–Crippen MR) is 215 cm³/mol. The molecule has 0 saturated carbocycles. The number of rotatable bonds is 5. The van der Waals surface area contributed by atoms with Gasteiger partial charge in [-0.3, -0.25) is 0 Å². The topological polar surface area (TPSA) is 29.0 Å². The van der Waals surface area contributed by atoms with E-state index in [1.165, 1.54) is 21.5 Å². The first-order chi connectivity index (χ1) is 25.3. The van der Waals surface area contributed by atoms with Gasteiger partial charge in [0.15, 0.2) is 0 Å². The Hall–Kier alpha value is -6.84. The highest BCUT2D eigenvalue weighted by Crippen LogP contribution is 2.41. The van der Waals surface area contributed by atoms with Crippen LogP contribution in [0.15, 0.2) is 188 Å². The maximum absolute atomic E-state index is 5.44. The van der Waals surface area contributed by atoms with Gasteiger partial charge in [-0.15, -0.1) is 0 Å². The van der Waals surface area contributed by atoms with Crippen molar-refractivity contribution in [3.05, 3.63) is 188 Å². The molecular weight excluding hydrogens is 619 g/mol. The Morgan fingerprint density at radius 2 is 0.784 bits per heavy atom. The second-order valence-electron chi connectivity index (χ2n) is 13.1. The molecule has 0 bridgehead atoms. The molecule has 51 heavy (non-hydrogen) atoms. The van der Waals surface area contributed by atoms with E-state index in [1.54, 1.807) is 0 Å². The minimum atomic E-state index is 0.881. The summed E-state index contributed by atoms with van der Waals surface area (Å²) in [4.78, 5) is 13.1. The summed E-state index contributed by atoms with van der Waals surface area (Å²) < 4.78 is 0. The van der Waals surface area contributed by atoms with Crippen molar-refractivity contribution in [3.8, 4) is 22.5 Å². The zero-order valence-electron chi connectivity index (χ0n) is 27.7. The van der Waals surface area contributed by atoms with Crippen LogP contribution in [0.2, 0.25) is 0 Å². The molecule has 0 atom stereocenters. The Labute approximate surface area is 295 Å². The van der Waals surface area contributed by atoms with E-state index < -0.39 is 0 Å². The van der Waals surface area contributed by atoms with Crippen molar-refractivity contribution in [2.24, 2.45) is 0 Å². The summed E-state index contributed by atoms with van der Waals surface area (Å²) in [5, 5.41) is 9.43. The molecule has 3 heteroatoms. The molecule has 1 aromatic heterocycles. The number of benzene rings is 9. The lowest BCUT2D eigenvalue weighted by molar-refractivity contribution is 1.30. The van der Waals surface area contributed by atoms with Gasteiger partial charge in [-0.1, -0.05) is 146 Å². The summed E-state index contributed by atoms with van der Waals surface area (Å²) in [5.74, 6) is 0. The number of nitrogens with zero attached hydrogens (tertiary/aromatic N) is 3. The van der Waals surface area contributed by atoms with Gasteiger partial charge in [-0.2, -0.15) is 0 Å². The summed E-state index contributed by atoms with van der Waals surface area (Å²) in [5.41, 5.74) is 8.98. The lowest BCUT2D eigenvalue weighted by Crippen LogP contribution is -2.10. The van der Waals surface area contributed by atoms with Crippen molar-refractivity contribution < 1.29 is 0 Å². The third kappa shape index (κ3) is 5.06. The summed E-state index contributed by atoms with van der Waals surface area (Å²) in [7, 11) is 0. The van der Waals surface area contributed by atoms with E-state index in [-0.39, 0.29) is 0 Å². The van der Waals surface area contributed by atoms with Crippen molar-refractivity contribution in [1.29, 1.82) is 0 Å². The summed E-state index contributed by atoms with van der Waals surface area (Å²) in [6, 6.07) is 66.8. The van der Waals surface area contributed by atoms with E-state index in [0.29, 0.717) is 0 Å². The van der Waals surface area contributed by atoms with Gasteiger partial charge < -0.3 is 4.90 Å². The number of anilines is 3. The molecule has 0 aliphatic heterocycles. The fraction of sp³-hybridized carbons (Fsp3) is 0. The van der Waals surface area contributed by atoms with Crippen LogP contribution in [-0.4, -0.2) is 9.97 Å². The molecule has 10 rings (SSSR count). The SMILES string of the molecule is c1ccc(-c2nc3ccc4ccc5cc(N(c6ccc7ccccc7c6)c6ccc7ccccc7c6)ccc5c4c3nc2-c2ccccc2)cc1. The number of hydrogen-bond acceptors (Lipinski definition) is 3. The summed E-state index contributed by atoms with van der Waals surface area (Å²) >= 11 is 0. The molecule has 0 aliphatic rings. The Kier molecular flexibility index (Phi) is 6.81. The van der Waals surface area contributed by atoms with Crippen LogP contribution in [0, 0.1) is 0 Å². The van der Waals surface area contributed by atoms with Gasteiger partial charge in [-0.25, -0.2) is 9.97 Å². The van der Waals surface area contributed by atoms with Crippen molar-refractivity contribution in [2.45, 2.75) is 0 Å². The highest BCUT2D eigenvalue weighted by molar-refractivity contribution is 6.19. The lowest BCUT2D eigenvalue weighted by Gasteiger charge is -2.26. The van der Waals surface area contributed by atoms with Gasteiger partial charge in [0.2, 0.25) is 0 Å². The van der Waals surface area contributed by atoms with E-state index in [0.717, 1.165) is 72.2 Å². The van der Waals surface area contributed by atoms with Crippen LogP contribution in [0.1, 0.15) is 0 Å². The van der Waals surface area contributed by atoms with Gasteiger partial charge in [0.05, 0.1) is 22.4 Å². The van der Waals surface area contributed by atoms with Gasteiger partial charge in [-0.05, 0) is 80.2 Å². The predicted octanol–water partition coefficient (Wildman–Crippen LogP) is 13.0. The molecule has 0 aliphatic carbocycles.